The number of rotatable bonds is 7. The first-order valence-corrected chi connectivity index (χ1v) is 7.33. The Labute approximate surface area is 133 Å². The number of aromatic nitrogens is 2. The fourth-order valence-corrected chi connectivity index (χ4v) is 1.79. The fraction of sp³-hybridized carbons (Fsp3) is 0.267. The minimum Gasteiger partial charge on any atom is -0.494 e. The number of unbranched alkanes of at least 4 members (excludes halogenated alkanes) is 1. The van der Waals surface area contributed by atoms with Gasteiger partial charge in [-0.05, 0) is 24.1 Å². The van der Waals surface area contributed by atoms with E-state index in [0.29, 0.717) is 12.3 Å². The number of aromatic amines is 1. The molecule has 0 aliphatic heterocycles. The zero-order valence-electron chi connectivity index (χ0n) is 12.2. The first-order chi connectivity index (χ1) is 10.7. The summed E-state index contributed by atoms with van der Waals surface area (Å²) in [5, 5.41) is 9.94. The van der Waals surface area contributed by atoms with Gasteiger partial charge in [0.2, 0.25) is 0 Å². The van der Waals surface area contributed by atoms with Gasteiger partial charge >= 0.3 is 0 Å². The van der Waals surface area contributed by atoms with E-state index in [9.17, 15) is 4.79 Å². The largest absolute Gasteiger partial charge is 0.494 e. The van der Waals surface area contributed by atoms with Gasteiger partial charge in [-0.3, -0.25) is 10.2 Å². The first-order valence-electron chi connectivity index (χ1n) is 6.96. The molecule has 0 spiro atoms. The summed E-state index contributed by atoms with van der Waals surface area (Å²) in [7, 11) is 0. The molecule has 0 aliphatic rings. The van der Waals surface area contributed by atoms with Crippen LogP contribution in [0.15, 0.2) is 40.4 Å². The Morgan fingerprint density at radius 3 is 3.18 bits per heavy atom. The quantitative estimate of drug-likeness (QED) is 0.467. The number of benzene rings is 1. The van der Waals surface area contributed by atoms with Crippen molar-refractivity contribution in [3.05, 3.63) is 51.4 Å². The molecule has 22 heavy (non-hydrogen) atoms. The number of ether oxygens (including phenoxy) is 1. The van der Waals surface area contributed by atoms with Gasteiger partial charge in [0.1, 0.15) is 16.5 Å². The number of nitrogens with zero attached hydrogens (tertiary/aromatic N) is 2. The van der Waals surface area contributed by atoms with Gasteiger partial charge in [-0.15, -0.1) is 0 Å². The third-order valence-corrected chi connectivity index (χ3v) is 3.19. The Morgan fingerprint density at radius 1 is 1.50 bits per heavy atom. The van der Waals surface area contributed by atoms with E-state index in [4.69, 9.17) is 16.3 Å². The van der Waals surface area contributed by atoms with Crippen LogP contribution >= 0.6 is 11.6 Å². The molecule has 1 heterocycles. The van der Waals surface area contributed by atoms with Crippen molar-refractivity contribution in [2.24, 2.45) is 5.10 Å². The zero-order chi connectivity index (χ0) is 15.8. The molecule has 1 aromatic carbocycles. The lowest BCUT2D eigenvalue weighted by Gasteiger charge is -2.05. The number of halogens is 1. The summed E-state index contributed by atoms with van der Waals surface area (Å²) in [6.07, 6.45) is 5.12. The van der Waals surface area contributed by atoms with Crippen molar-refractivity contribution in [2.75, 3.05) is 12.0 Å². The number of hydrogen-bond acceptors (Lipinski definition) is 5. The maximum absolute atomic E-state index is 11.3. The molecule has 0 saturated carbocycles. The second-order valence-corrected chi connectivity index (χ2v) is 4.95. The van der Waals surface area contributed by atoms with E-state index in [1.165, 1.54) is 6.20 Å². The van der Waals surface area contributed by atoms with E-state index in [1.54, 1.807) is 6.21 Å². The monoisotopic (exact) mass is 320 g/mol. The molecule has 0 radical (unpaired) electrons. The Morgan fingerprint density at radius 2 is 2.36 bits per heavy atom. The van der Waals surface area contributed by atoms with Crippen LogP contribution in [-0.4, -0.2) is 23.0 Å². The molecule has 0 bridgehead atoms. The van der Waals surface area contributed by atoms with E-state index in [1.807, 2.05) is 24.3 Å². The van der Waals surface area contributed by atoms with Gasteiger partial charge < -0.3 is 4.74 Å². The third kappa shape index (κ3) is 4.60. The molecule has 2 rings (SSSR count). The second kappa shape index (κ2) is 8.19. The number of nitrogens with one attached hydrogen (secondary N) is 2. The third-order valence-electron chi connectivity index (χ3n) is 2.82. The molecule has 2 aromatic rings. The summed E-state index contributed by atoms with van der Waals surface area (Å²) in [5.74, 6) is 0.799. The number of anilines is 1. The molecule has 116 valence electrons. The average Bonchev–Trinajstić information content (AvgIpc) is 2.52. The highest BCUT2D eigenvalue weighted by Gasteiger charge is 2.02. The molecule has 0 aliphatic carbocycles. The van der Waals surface area contributed by atoms with Gasteiger partial charge in [0.15, 0.2) is 0 Å². The van der Waals surface area contributed by atoms with Crippen molar-refractivity contribution >= 4 is 23.5 Å². The van der Waals surface area contributed by atoms with Crippen LogP contribution in [0.2, 0.25) is 5.02 Å². The minimum absolute atomic E-state index is 0.0174. The van der Waals surface area contributed by atoms with Crippen molar-refractivity contribution in [1.29, 1.82) is 0 Å². The van der Waals surface area contributed by atoms with Gasteiger partial charge in [-0.2, -0.15) is 10.2 Å². The summed E-state index contributed by atoms with van der Waals surface area (Å²) in [4.78, 5) is 11.3. The summed E-state index contributed by atoms with van der Waals surface area (Å²) in [5.41, 5.74) is 3.44. The number of H-pyrrole nitrogens is 1. The van der Waals surface area contributed by atoms with Crippen LogP contribution in [0.3, 0.4) is 0 Å². The van der Waals surface area contributed by atoms with Gasteiger partial charge in [0.25, 0.3) is 5.56 Å². The van der Waals surface area contributed by atoms with Gasteiger partial charge in [0, 0.05) is 0 Å². The SMILES string of the molecule is CCCCOc1cccc(/C=N/Nc2cn[nH]c(=O)c2Cl)c1. The average molecular weight is 321 g/mol. The molecule has 0 saturated heterocycles. The van der Waals surface area contributed by atoms with Gasteiger partial charge in [-0.1, -0.05) is 37.1 Å². The lowest BCUT2D eigenvalue weighted by molar-refractivity contribution is 0.309. The van der Waals surface area contributed by atoms with E-state index < -0.39 is 5.56 Å². The van der Waals surface area contributed by atoms with Gasteiger partial charge in [-0.25, -0.2) is 5.10 Å². The zero-order valence-corrected chi connectivity index (χ0v) is 12.9. The minimum atomic E-state index is -0.465. The van der Waals surface area contributed by atoms with E-state index in [0.717, 1.165) is 24.2 Å². The summed E-state index contributed by atoms with van der Waals surface area (Å²) < 4.78 is 5.63. The molecule has 0 fully saturated rings. The van der Waals surface area contributed by atoms with Crippen LogP contribution in [0.25, 0.3) is 0 Å². The molecular weight excluding hydrogens is 304 g/mol. The second-order valence-electron chi connectivity index (χ2n) is 4.57. The standard InChI is InChI=1S/C15H17ClN4O2/c1-2-3-7-22-12-6-4-5-11(8-12)9-17-19-13-10-18-20-15(21)14(13)16/h4-6,8-10H,2-3,7H2,1H3,(H2,19,20,21)/b17-9+. The number of hydrogen-bond donors (Lipinski definition) is 2. The Bertz CT molecular complexity index is 700. The Kier molecular flexibility index (Phi) is 5.97. The predicted octanol–water partition coefficient (Wildman–Crippen LogP) is 3.05. The smallest absolute Gasteiger partial charge is 0.285 e. The number of hydrazone groups is 1. The van der Waals surface area contributed by atoms with Crippen LogP contribution < -0.4 is 15.7 Å². The molecule has 0 amide bonds. The molecule has 2 N–H and O–H groups in total. The van der Waals surface area contributed by atoms with Crippen molar-refractivity contribution in [1.82, 2.24) is 10.2 Å². The summed E-state index contributed by atoms with van der Waals surface area (Å²) >= 11 is 5.83. The maximum atomic E-state index is 11.3. The highest BCUT2D eigenvalue weighted by molar-refractivity contribution is 6.32. The predicted molar refractivity (Wildman–Crippen MR) is 87.9 cm³/mol. The normalized spacial score (nSPS) is 10.8. The van der Waals surface area contributed by atoms with Crippen molar-refractivity contribution in [3.8, 4) is 5.75 Å². The molecular formula is C15H17ClN4O2. The topological polar surface area (TPSA) is 79.4 Å². The van der Waals surface area contributed by atoms with Crippen LogP contribution in [0.5, 0.6) is 5.75 Å². The summed E-state index contributed by atoms with van der Waals surface area (Å²) in [6, 6.07) is 7.58. The van der Waals surface area contributed by atoms with Crippen molar-refractivity contribution in [2.45, 2.75) is 19.8 Å². The highest BCUT2D eigenvalue weighted by Crippen LogP contribution is 2.15. The lowest BCUT2D eigenvalue weighted by atomic mass is 10.2. The first kappa shape index (κ1) is 16.0. The van der Waals surface area contributed by atoms with E-state index >= 15 is 0 Å². The molecule has 1 aromatic heterocycles. The Hall–Kier alpha value is -2.34. The van der Waals surface area contributed by atoms with Crippen LogP contribution in [0.1, 0.15) is 25.3 Å². The summed E-state index contributed by atoms with van der Waals surface area (Å²) in [6.45, 7) is 2.82. The van der Waals surface area contributed by atoms with Crippen LogP contribution in [0, 0.1) is 0 Å². The van der Waals surface area contributed by atoms with Crippen LogP contribution in [0.4, 0.5) is 5.69 Å². The highest BCUT2D eigenvalue weighted by atomic mass is 35.5. The molecule has 6 nitrogen and oxygen atoms in total. The van der Waals surface area contributed by atoms with Crippen molar-refractivity contribution < 1.29 is 4.74 Å². The molecule has 0 atom stereocenters. The molecule has 0 unspecified atom stereocenters. The van der Waals surface area contributed by atoms with E-state index in [-0.39, 0.29) is 5.02 Å². The Balaban J connectivity index is 1.99. The van der Waals surface area contributed by atoms with Crippen molar-refractivity contribution in [3.63, 3.8) is 0 Å². The lowest BCUT2D eigenvalue weighted by Crippen LogP contribution is -2.10. The van der Waals surface area contributed by atoms with Crippen LogP contribution in [-0.2, 0) is 0 Å². The van der Waals surface area contributed by atoms with E-state index in [2.05, 4.69) is 27.6 Å². The van der Waals surface area contributed by atoms with Gasteiger partial charge in [0.05, 0.1) is 19.0 Å². The maximum Gasteiger partial charge on any atom is 0.285 e. The molecule has 7 heteroatoms. The fourth-order valence-electron chi connectivity index (χ4n) is 1.66.